The lowest BCUT2D eigenvalue weighted by atomic mass is 10.1. The highest BCUT2D eigenvalue weighted by atomic mass is 16.6. The Hall–Kier alpha value is -2.64. The number of hydrogen-bond acceptors (Lipinski definition) is 5. The Morgan fingerprint density at radius 3 is 2.72 bits per heavy atom. The van der Waals surface area contributed by atoms with E-state index < -0.39 is 0 Å². The summed E-state index contributed by atoms with van der Waals surface area (Å²) in [4.78, 5) is 30.5. The highest BCUT2D eigenvalue weighted by molar-refractivity contribution is 5.99. The van der Waals surface area contributed by atoms with E-state index in [1.807, 2.05) is 19.9 Å². The van der Waals surface area contributed by atoms with E-state index in [0.29, 0.717) is 43.7 Å². The Balaban J connectivity index is 1.65. The van der Waals surface area contributed by atoms with Crippen molar-refractivity contribution in [3.8, 4) is 0 Å². The summed E-state index contributed by atoms with van der Waals surface area (Å²) in [6, 6.07) is 1.95. The quantitative estimate of drug-likeness (QED) is 0.914. The van der Waals surface area contributed by atoms with E-state index in [9.17, 15) is 9.59 Å². The zero-order valence-electron chi connectivity index (χ0n) is 14.8. The molecule has 134 valence electrons. The van der Waals surface area contributed by atoms with Crippen LogP contribution >= 0.6 is 0 Å². The minimum Gasteiger partial charge on any atom is -0.450 e. The van der Waals surface area contributed by atoms with E-state index in [4.69, 9.17) is 4.74 Å². The van der Waals surface area contributed by atoms with Gasteiger partial charge in [0.15, 0.2) is 5.65 Å². The SMILES string of the molecule is CCOC(=O)N1CCC(NC(=O)c2cnn3c(C)cc(C)nc23)CC1. The number of hydrogen-bond donors (Lipinski definition) is 1. The summed E-state index contributed by atoms with van der Waals surface area (Å²) < 4.78 is 6.68. The van der Waals surface area contributed by atoms with Gasteiger partial charge in [-0.3, -0.25) is 4.79 Å². The van der Waals surface area contributed by atoms with E-state index in [1.165, 1.54) is 0 Å². The van der Waals surface area contributed by atoms with Gasteiger partial charge >= 0.3 is 6.09 Å². The maximum absolute atomic E-state index is 12.6. The molecule has 2 amide bonds. The van der Waals surface area contributed by atoms with Crippen molar-refractivity contribution in [3.05, 3.63) is 29.2 Å². The zero-order valence-corrected chi connectivity index (χ0v) is 14.8. The lowest BCUT2D eigenvalue weighted by Gasteiger charge is -2.31. The second-order valence-electron chi connectivity index (χ2n) is 6.27. The van der Waals surface area contributed by atoms with E-state index in [1.54, 1.807) is 22.5 Å². The molecule has 0 spiro atoms. The van der Waals surface area contributed by atoms with Crippen LogP contribution in [-0.4, -0.2) is 57.2 Å². The predicted octanol–water partition coefficient (Wildman–Crippen LogP) is 1.70. The lowest BCUT2D eigenvalue weighted by Crippen LogP contribution is -2.46. The molecule has 1 aliphatic rings. The minimum absolute atomic E-state index is 0.0269. The third-order valence-electron chi connectivity index (χ3n) is 4.38. The van der Waals surface area contributed by atoms with Gasteiger partial charge in [0.05, 0.1) is 12.8 Å². The molecule has 3 rings (SSSR count). The molecule has 2 aromatic rings. The van der Waals surface area contributed by atoms with Crippen molar-refractivity contribution in [2.45, 2.75) is 39.7 Å². The molecule has 0 radical (unpaired) electrons. The number of piperidine rings is 1. The molecule has 2 aromatic heterocycles. The van der Waals surface area contributed by atoms with Crippen molar-refractivity contribution in [2.24, 2.45) is 0 Å². The number of rotatable bonds is 3. The first-order chi connectivity index (χ1) is 12.0. The summed E-state index contributed by atoms with van der Waals surface area (Å²) in [7, 11) is 0. The minimum atomic E-state index is -0.287. The highest BCUT2D eigenvalue weighted by Gasteiger charge is 2.26. The van der Waals surface area contributed by atoms with Crippen LogP contribution in [0.4, 0.5) is 4.79 Å². The van der Waals surface area contributed by atoms with E-state index in [-0.39, 0.29) is 18.0 Å². The number of nitrogens with zero attached hydrogens (tertiary/aromatic N) is 4. The average molecular weight is 345 g/mol. The van der Waals surface area contributed by atoms with Gasteiger partial charge in [0.1, 0.15) is 5.56 Å². The molecule has 0 bridgehead atoms. The van der Waals surface area contributed by atoms with Crippen LogP contribution in [0.2, 0.25) is 0 Å². The van der Waals surface area contributed by atoms with Gasteiger partial charge in [0.25, 0.3) is 5.91 Å². The van der Waals surface area contributed by atoms with Crippen LogP contribution in [0.3, 0.4) is 0 Å². The predicted molar refractivity (Wildman–Crippen MR) is 91.5 cm³/mol. The number of aromatic nitrogens is 3. The van der Waals surface area contributed by atoms with Gasteiger partial charge in [-0.25, -0.2) is 14.3 Å². The van der Waals surface area contributed by atoms with Gasteiger partial charge in [-0.15, -0.1) is 0 Å². The number of likely N-dealkylation sites (tertiary alicyclic amines) is 1. The Morgan fingerprint density at radius 2 is 2.04 bits per heavy atom. The Morgan fingerprint density at radius 1 is 1.32 bits per heavy atom. The fourth-order valence-corrected chi connectivity index (χ4v) is 3.11. The van der Waals surface area contributed by atoms with Gasteiger partial charge < -0.3 is 15.0 Å². The van der Waals surface area contributed by atoms with E-state index >= 15 is 0 Å². The monoisotopic (exact) mass is 345 g/mol. The molecule has 1 fully saturated rings. The van der Waals surface area contributed by atoms with Gasteiger partial charge in [0, 0.05) is 30.5 Å². The number of fused-ring (bicyclic) bond motifs is 1. The maximum atomic E-state index is 12.6. The Bertz CT molecular complexity index is 793. The summed E-state index contributed by atoms with van der Waals surface area (Å²) in [5, 5.41) is 7.29. The van der Waals surface area contributed by atoms with Crippen molar-refractivity contribution in [1.29, 1.82) is 0 Å². The molecule has 25 heavy (non-hydrogen) atoms. The molecule has 0 unspecified atom stereocenters. The van der Waals surface area contributed by atoms with Crippen LogP contribution in [0.5, 0.6) is 0 Å². The summed E-state index contributed by atoms with van der Waals surface area (Å²) in [6.45, 7) is 7.15. The molecule has 8 nitrogen and oxygen atoms in total. The number of carbonyl (C=O) groups excluding carboxylic acids is 2. The van der Waals surface area contributed by atoms with Crippen molar-refractivity contribution in [1.82, 2.24) is 24.8 Å². The molecule has 8 heteroatoms. The molecular weight excluding hydrogens is 322 g/mol. The van der Waals surface area contributed by atoms with Gasteiger partial charge in [-0.2, -0.15) is 5.10 Å². The average Bonchev–Trinajstić information content (AvgIpc) is 3.00. The fraction of sp³-hybridized carbons (Fsp3) is 0.529. The van der Waals surface area contributed by atoms with Crippen LogP contribution in [0.1, 0.15) is 41.5 Å². The van der Waals surface area contributed by atoms with E-state index in [0.717, 1.165) is 11.4 Å². The second-order valence-corrected chi connectivity index (χ2v) is 6.27. The van der Waals surface area contributed by atoms with Crippen LogP contribution in [-0.2, 0) is 4.74 Å². The van der Waals surface area contributed by atoms with Crippen LogP contribution in [0.15, 0.2) is 12.3 Å². The van der Waals surface area contributed by atoms with Gasteiger partial charge in [-0.05, 0) is 39.7 Å². The maximum Gasteiger partial charge on any atom is 0.409 e. The van der Waals surface area contributed by atoms with Crippen molar-refractivity contribution in [3.63, 3.8) is 0 Å². The summed E-state index contributed by atoms with van der Waals surface area (Å²) in [5.41, 5.74) is 2.82. The van der Waals surface area contributed by atoms with Gasteiger partial charge in [-0.1, -0.05) is 0 Å². The summed E-state index contributed by atoms with van der Waals surface area (Å²) in [6.07, 6.45) is 2.67. The third kappa shape index (κ3) is 3.57. The normalized spacial score (nSPS) is 15.4. The van der Waals surface area contributed by atoms with Crippen molar-refractivity contribution >= 4 is 17.6 Å². The summed E-state index contributed by atoms with van der Waals surface area (Å²) in [5.74, 6) is -0.179. The highest BCUT2D eigenvalue weighted by Crippen LogP contribution is 2.15. The summed E-state index contributed by atoms with van der Waals surface area (Å²) >= 11 is 0. The first-order valence-electron chi connectivity index (χ1n) is 8.54. The molecular formula is C17H23N5O3. The van der Waals surface area contributed by atoms with Crippen molar-refractivity contribution in [2.75, 3.05) is 19.7 Å². The van der Waals surface area contributed by atoms with Crippen LogP contribution in [0, 0.1) is 13.8 Å². The second kappa shape index (κ2) is 7.08. The Labute approximate surface area is 146 Å². The van der Waals surface area contributed by atoms with Crippen molar-refractivity contribution < 1.29 is 14.3 Å². The number of carbonyl (C=O) groups is 2. The smallest absolute Gasteiger partial charge is 0.409 e. The standard InChI is InChI=1S/C17H23N5O3/c1-4-25-17(24)21-7-5-13(6-8-21)20-16(23)14-10-18-22-12(3)9-11(2)19-15(14)22/h9-10,13H,4-8H2,1-3H3,(H,20,23). The zero-order chi connectivity index (χ0) is 18.0. The Kier molecular flexibility index (Phi) is 4.87. The first kappa shape index (κ1) is 17.2. The molecule has 0 aromatic carbocycles. The lowest BCUT2D eigenvalue weighted by molar-refractivity contribution is 0.0861. The van der Waals surface area contributed by atoms with E-state index in [2.05, 4.69) is 15.4 Å². The van der Waals surface area contributed by atoms with Gasteiger partial charge in [0.2, 0.25) is 0 Å². The number of nitrogens with one attached hydrogen (secondary N) is 1. The van der Waals surface area contributed by atoms with Crippen LogP contribution in [0.25, 0.3) is 5.65 Å². The largest absolute Gasteiger partial charge is 0.450 e. The topological polar surface area (TPSA) is 88.8 Å². The molecule has 3 heterocycles. The molecule has 1 aliphatic heterocycles. The third-order valence-corrected chi connectivity index (χ3v) is 4.38. The number of amides is 2. The van der Waals surface area contributed by atoms with Crippen LogP contribution < -0.4 is 5.32 Å². The number of aryl methyl sites for hydroxylation is 2. The molecule has 0 atom stereocenters. The molecule has 1 saturated heterocycles. The first-order valence-corrected chi connectivity index (χ1v) is 8.54. The molecule has 0 saturated carbocycles. The fourth-order valence-electron chi connectivity index (χ4n) is 3.11. The molecule has 0 aliphatic carbocycles. The molecule has 1 N–H and O–H groups in total. The number of ether oxygens (including phenoxy) is 1.